The molecule has 1 unspecified atom stereocenters. The van der Waals surface area contributed by atoms with Gasteiger partial charge in [-0.25, -0.2) is 0 Å². The van der Waals surface area contributed by atoms with Gasteiger partial charge in [-0.1, -0.05) is 66.2 Å². The Morgan fingerprint density at radius 2 is 1.62 bits per heavy atom. The third-order valence-corrected chi connectivity index (χ3v) is 3.06. The average molecular weight is 184 g/mol. The van der Waals surface area contributed by atoms with Crippen molar-refractivity contribution in [2.75, 3.05) is 0 Å². The summed E-state index contributed by atoms with van der Waals surface area (Å²) in [5, 5.41) is 0. The summed E-state index contributed by atoms with van der Waals surface area (Å²) in [5.41, 5.74) is 0. The van der Waals surface area contributed by atoms with Crippen molar-refractivity contribution >= 4 is 0 Å². The molecule has 0 saturated heterocycles. The first kappa shape index (κ1) is 13.0. The number of hydrogen-bond donors (Lipinski definition) is 0. The molecule has 0 aromatic rings. The second-order valence-electron chi connectivity index (χ2n) is 4.55. The summed E-state index contributed by atoms with van der Waals surface area (Å²) >= 11 is 0. The molecule has 13 heavy (non-hydrogen) atoms. The van der Waals surface area contributed by atoms with Gasteiger partial charge in [-0.05, 0) is 18.3 Å². The van der Waals surface area contributed by atoms with Crippen LogP contribution in [0, 0.1) is 11.8 Å². The van der Waals surface area contributed by atoms with Crippen molar-refractivity contribution in [1.82, 2.24) is 0 Å². The summed E-state index contributed by atoms with van der Waals surface area (Å²) in [4.78, 5) is 0. The van der Waals surface area contributed by atoms with Gasteiger partial charge in [0.15, 0.2) is 0 Å². The molecule has 0 aliphatic carbocycles. The Kier molecular flexibility index (Phi) is 8.59. The summed E-state index contributed by atoms with van der Waals surface area (Å²) in [6.45, 7) is 9.36. The molecule has 0 saturated carbocycles. The molecule has 0 N–H and O–H groups in total. The zero-order valence-electron chi connectivity index (χ0n) is 10.1. The van der Waals surface area contributed by atoms with Crippen LogP contribution in [0.2, 0.25) is 0 Å². The summed E-state index contributed by atoms with van der Waals surface area (Å²) in [6, 6.07) is 0. The average Bonchev–Trinajstić information content (AvgIpc) is 2.14. The van der Waals surface area contributed by atoms with Gasteiger partial charge in [0.1, 0.15) is 0 Å². The lowest BCUT2D eigenvalue weighted by Gasteiger charge is -2.18. The molecule has 0 radical (unpaired) electrons. The van der Waals surface area contributed by atoms with Crippen LogP contribution in [0.4, 0.5) is 0 Å². The minimum absolute atomic E-state index is 0.955. The van der Waals surface area contributed by atoms with Crippen LogP contribution < -0.4 is 0 Å². The van der Waals surface area contributed by atoms with E-state index < -0.39 is 0 Å². The molecule has 0 heteroatoms. The number of unbranched alkanes of at least 4 members (excludes halogenated alkanes) is 1. The maximum atomic E-state index is 2.42. The highest BCUT2D eigenvalue weighted by Crippen LogP contribution is 2.23. The topological polar surface area (TPSA) is 0 Å². The van der Waals surface area contributed by atoms with Gasteiger partial charge in [0.05, 0.1) is 0 Å². The maximum Gasteiger partial charge on any atom is -0.0414 e. The normalized spacial score (nSPS) is 15.7. The zero-order valence-corrected chi connectivity index (χ0v) is 10.1. The fraction of sp³-hybridized carbons (Fsp3) is 1.00. The predicted molar refractivity (Wildman–Crippen MR) is 62.0 cm³/mol. The smallest absolute Gasteiger partial charge is 0.0414 e. The van der Waals surface area contributed by atoms with Crippen LogP contribution >= 0.6 is 0 Å². The van der Waals surface area contributed by atoms with E-state index in [1.165, 1.54) is 44.9 Å². The molecule has 0 aliphatic heterocycles. The zero-order chi connectivity index (χ0) is 10.1. The van der Waals surface area contributed by atoms with Crippen LogP contribution in [0.3, 0.4) is 0 Å². The fourth-order valence-corrected chi connectivity index (χ4v) is 2.14. The lowest BCUT2D eigenvalue weighted by molar-refractivity contribution is 0.339. The van der Waals surface area contributed by atoms with Crippen molar-refractivity contribution in [2.24, 2.45) is 11.8 Å². The van der Waals surface area contributed by atoms with Gasteiger partial charge in [0, 0.05) is 0 Å². The molecule has 0 amide bonds. The lowest BCUT2D eigenvalue weighted by atomic mass is 9.88. The Bertz CT molecular complexity index is 96.2. The maximum absolute atomic E-state index is 2.42. The number of hydrogen-bond acceptors (Lipinski definition) is 0. The first-order valence-corrected chi connectivity index (χ1v) is 6.24. The SMILES string of the molecule is CCCC[C@H](C)CC(CC)CCC. The predicted octanol–water partition coefficient (Wildman–Crippen LogP) is 5.03. The van der Waals surface area contributed by atoms with E-state index in [0.717, 1.165) is 11.8 Å². The Labute approximate surface area is 85.1 Å². The third-order valence-electron chi connectivity index (χ3n) is 3.06. The Hall–Kier alpha value is 0. The van der Waals surface area contributed by atoms with Gasteiger partial charge in [-0.3, -0.25) is 0 Å². The molecule has 0 aliphatic rings. The van der Waals surface area contributed by atoms with Crippen LogP contribution in [0.5, 0.6) is 0 Å². The van der Waals surface area contributed by atoms with Gasteiger partial charge in [0.2, 0.25) is 0 Å². The van der Waals surface area contributed by atoms with Crippen molar-refractivity contribution in [3.05, 3.63) is 0 Å². The molecule has 0 aromatic carbocycles. The molecule has 0 bridgehead atoms. The van der Waals surface area contributed by atoms with E-state index in [0.29, 0.717) is 0 Å². The number of rotatable bonds is 8. The van der Waals surface area contributed by atoms with Gasteiger partial charge in [-0.15, -0.1) is 0 Å². The van der Waals surface area contributed by atoms with E-state index in [-0.39, 0.29) is 0 Å². The minimum atomic E-state index is 0.955. The van der Waals surface area contributed by atoms with Crippen molar-refractivity contribution in [3.8, 4) is 0 Å². The van der Waals surface area contributed by atoms with Crippen LogP contribution in [-0.2, 0) is 0 Å². The standard InChI is InChI=1S/C13H28/c1-5-8-10-12(4)11-13(7-3)9-6-2/h12-13H,5-11H2,1-4H3/t12-,13?/m0/s1. The van der Waals surface area contributed by atoms with Crippen molar-refractivity contribution in [1.29, 1.82) is 0 Å². The minimum Gasteiger partial charge on any atom is -0.0654 e. The fourth-order valence-electron chi connectivity index (χ4n) is 2.14. The molecular formula is C13H28. The quantitative estimate of drug-likeness (QED) is 0.496. The summed E-state index contributed by atoms with van der Waals surface area (Å²) in [7, 11) is 0. The molecule has 2 atom stereocenters. The molecule has 0 spiro atoms. The van der Waals surface area contributed by atoms with Gasteiger partial charge in [0.25, 0.3) is 0 Å². The molecule has 0 aromatic heterocycles. The van der Waals surface area contributed by atoms with Gasteiger partial charge in [-0.2, -0.15) is 0 Å². The summed E-state index contributed by atoms with van der Waals surface area (Å²) in [5.74, 6) is 1.95. The van der Waals surface area contributed by atoms with Crippen LogP contribution in [0.25, 0.3) is 0 Å². The highest BCUT2D eigenvalue weighted by Gasteiger charge is 2.09. The van der Waals surface area contributed by atoms with Crippen LogP contribution in [0.1, 0.15) is 72.6 Å². The summed E-state index contributed by atoms with van der Waals surface area (Å²) < 4.78 is 0. The molecule has 0 heterocycles. The monoisotopic (exact) mass is 184 g/mol. The van der Waals surface area contributed by atoms with E-state index in [9.17, 15) is 0 Å². The second kappa shape index (κ2) is 8.59. The first-order valence-electron chi connectivity index (χ1n) is 6.24. The van der Waals surface area contributed by atoms with E-state index in [1.807, 2.05) is 0 Å². The molecule has 0 fully saturated rings. The van der Waals surface area contributed by atoms with E-state index >= 15 is 0 Å². The van der Waals surface area contributed by atoms with Crippen molar-refractivity contribution in [2.45, 2.75) is 72.6 Å². The molecule has 0 nitrogen and oxygen atoms in total. The summed E-state index contributed by atoms with van der Waals surface area (Å²) in [6.07, 6.45) is 9.86. The Morgan fingerprint density at radius 1 is 0.923 bits per heavy atom. The van der Waals surface area contributed by atoms with E-state index in [4.69, 9.17) is 0 Å². The van der Waals surface area contributed by atoms with Crippen LogP contribution in [0.15, 0.2) is 0 Å². The second-order valence-corrected chi connectivity index (χ2v) is 4.55. The molecular weight excluding hydrogens is 156 g/mol. The van der Waals surface area contributed by atoms with E-state index in [2.05, 4.69) is 27.7 Å². The van der Waals surface area contributed by atoms with Crippen molar-refractivity contribution in [3.63, 3.8) is 0 Å². The van der Waals surface area contributed by atoms with Gasteiger partial charge >= 0.3 is 0 Å². The van der Waals surface area contributed by atoms with Gasteiger partial charge < -0.3 is 0 Å². The highest BCUT2D eigenvalue weighted by atomic mass is 14.2. The largest absolute Gasteiger partial charge is 0.0654 e. The first-order chi connectivity index (χ1) is 6.24. The highest BCUT2D eigenvalue weighted by molar-refractivity contribution is 4.62. The molecule has 80 valence electrons. The Balaban J connectivity index is 3.53. The van der Waals surface area contributed by atoms with Crippen LogP contribution in [-0.4, -0.2) is 0 Å². The lowest BCUT2D eigenvalue weighted by Crippen LogP contribution is -2.05. The molecule has 0 rings (SSSR count). The van der Waals surface area contributed by atoms with E-state index in [1.54, 1.807) is 0 Å². The van der Waals surface area contributed by atoms with Crippen molar-refractivity contribution < 1.29 is 0 Å². The third kappa shape index (κ3) is 7.10. The Morgan fingerprint density at radius 3 is 2.08 bits per heavy atom.